The lowest BCUT2D eigenvalue weighted by molar-refractivity contribution is -0.133. The second kappa shape index (κ2) is 8.85. The first-order valence-electron chi connectivity index (χ1n) is 8.84. The molecule has 0 atom stereocenters. The third-order valence-corrected chi connectivity index (χ3v) is 4.68. The molecule has 0 unspecified atom stereocenters. The van der Waals surface area contributed by atoms with Crippen molar-refractivity contribution in [1.29, 1.82) is 0 Å². The number of hydrogen-bond acceptors (Lipinski definition) is 5. The molecule has 1 fully saturated rings. The Kier molecular flexibility index (Phi) is 6.28. The molecule has 8 nitrogen and oxygen atoms in total. The molecule has 27 heavy (non-hydrogen) atoms. The van der Waals surface area contributed by atoms with Crippen LogP contribution in [-0.2, 0) is 14.4 Å². The normalized spacial score (nSPS) is 17.7. The Morgan fingerprint density at radius 2 is 1.93 bits per heavy atom. The molecule has 3 rings (SSSR count). The van der Waals surface area contributed by atoms with Gasteiger partial charge in [-0.1, -0.05) is 17.7 Å². The van der Waals surface area contributed by atoms with E-state index in [0.717, 1.165) is 0 Å². The van der Waals surface area contributed by atoms with E-state index in [1.165, 1.54) is 0 Å². The molecule has 1 N–H and O–H groups in total. The monoisotopic (exact) mass is 392 g/mol. The SMILES string of the molecule is O=C1CCC(C(=O)N2CCCN(C(=O)COc3cccc(Cl)c3)CC2)=NN1. The molecule has 0 bridgehead atoms. The molecule has 0 aromatic heterocycles. The molecule has 0 radical (unpaired) electrons. The Hall–Kier alpha value is -2.61. The number of carbonyl (C=O) groups is 3. The molecule has 9 heteroatoms. The molecule has 3 amide bonds. The number of halogens is 1. The molecule has 2 heterocycles. The van der Waals surface area contributed by atoms with Gasteiger partial charge in [0, 0.05) is 44.0 Å². The number of carbonyl (C=O) groups excluding carboxylic acids is 3. The Labute approximate surface area is 162 Å². The maximum absolute atomic E-state index is 12.5. The van der Waals surface area contributed by atoms with Gasteiger partial charge in [0.15, 0.2) is 6.61 Å². The number of rotatable bonds is 4. The highest BCUT2D eigenvalue weighted by atomic mass is 35.5. The second-order valence-electron chi connectivity index (χ2n) is 6.37. The third kappa shape index (κ3) is 5.19. The van der Waals surface area contributed by atoms with Crippen molar-refractivity contribution in [2.24, 2.45) is 5.10 Å². The quantitative estimate of drug-likeness (QED) is 0.829. The molecular weight excluding hydrogens is 372 g/mol. The Morgan fingerprint density at radius 1 is 1.15 bits per heavy atom. The van der Waals surface area contributed by atoms with Crippen molar-refractivity contribution in [1.82, 2.24) is 15.2 Å². The molecule has 2 aliphatic heterocycles. The minimum absolute atomic E-state index is 0.0764. The summed E-state index contributed by atoms with van der Waals surface area (Å²) in [5, 5.41) is 4.40. The number of nitrogens with one attached hydrogen (secondary N) is 1. The predicted molar refractivity (Wildman–Crippen MR) is 99.5 cm³/mol. The topological polar surface area (TPSA) is 91.3 Å². The summed E-state index contributed by atoms with van der Waals surface area (Å²) in [4.78, 5) is 39.5. The van der Waals surface area contributed by atoms with Crippen molar-refractivity contribution in [3.63, 3.8) is 0 Å². The summed E-state index contributed by atoms with van der Waals surface area (Å²) in [6.45, 7) is 1.89. The standard InChI is InChI=1S/C18H21ClN4O4/c19-13-3-1-4-14(11-13)27-12-17(25)22-7-2-8-23(10-9-22)18(26)15-5-6-16(24)21-20-15/h1,3-4,11H,2,5-10,12H2,(H,21,24). The predicted octanol–water partition coefficient (Wildman–Crippen LogP) is 1.05. The lowest BCUT2D eigenvalue weighted by Gasteiger charge is -2.23. The van der Waals surface area contributed by atoms with Crippen molar-refractivity contribution >= 4 is 35.0 Å². The summed E-state index contributed by atoms with van der Waals surface area (Å²) < 4.78 is 5.51. The van der Waals surface area contributed by atoms with Crippen molar-refractivity contribution in [2.75, 3.05) is 32.8 Å². The fourth-order valence-electron chi connectivity index (χ4n) is 2.97. The van der Waals surface area contributed by atoms with Crippen LogP contribution in [0.25, 0.3) is 0 Å². The van der Waals surface area contributed by atoms with Crippen LogP contribution in [-0.4, -0.2) is 66.0 Å². The van der Waals surface area contributed by atoms with Gasteiger partial charge >= 0.3 is 0 Å². The highest BCUT2D eigenvalue weighted by molar-refractivity contribution is 6.39. The van der Waals surface area contributed by atoms with E-state index in [0.29, 0.717) is 55.5 Å². The maximum Gasteiger partial charge on any atom is 0.270 e. The number of benzene rings is 1. The number of amides is 3. The lowest BCUT2D eigenvalue weighted by atomic mass is 10.1. The lowest BCUT2D eigenvalue weighted by Crippen LogP contribution is -2.43. The highest BCUT2D eigenvalue weighted by Gasteiger charge is 2.26. The minimum atomic E-state index is -0.182. The zero-order chi connectivity index (χ0) is 19.2. The third-order valence-electron chi connectivity index (χ3n) is 4.45. The van der Waals surface area contributed by atoms with E-state index in [9.17, 15) is 14.4 Å². The van der Waals surface area contributed by atoms with Gasteiger partial charge in [0.05, 0.1) is 0 Å². The van der Waals surface area contributed by atoms with Crippen LogP contribution in [0.5, 0.6) is 5.75 Å². The summed E-state index contributed by atoms with van der Waals surface area (Å²) in [5.74, 6) is 0.0461. The number of hydrogen-bond donors (Lipinski definition) is 1. The van der Waals surface area contributed by atoms with E-state index in [-0.39, 0.29) is 30.7 Å². The van der Waals surface area contributed by atoms with Crippen LogP contribution < -0.4 is 10.2 Å². The molecule has 0 spiro atoms. The van der Waals surface area contributed by atoms with E-state index in [1.54, 1.807) is 34.1 Å². The minimum Gasteiger partial charge on any atom is -0.484 e. The van der Waals surface area contributed by atoms with E-state index in [4.69, 9.17) is 16.3 Å². The molecule has 1 aromatic carbocycles. The summed E-state index contributed by atoms with van der Waals surface area (Å²) in [7, 11) is 0. The molecule has 1 aromatic rings. The first kappa shape index (κ1) is 19.2. The Balaban J connectivity index is 1.51. The Morgan fingerprint density at radius 3 is 2.67 bits per heavy atom. The van der Waals surface area contributed by atoms with E-state index >= 15 is 0 Å². The van der Waals surface area contributed by atoms with Gasteiger partial charge in [0.25, 0.3) is 11.8 Å². The smallest absolute Gasteiger partial charge is 0.270 e. The summed E-state index contributed by atoms with van der Waals surface area (Å²) in [5.41, 5.74) is 2.70. The van der Waals surface area contributed by atoms with Crippen molar-refractivity contribution in [3.8, 4) is 5.75 Å². The van der Waals surface area contributed by atoms with Gasteiger partial charge in [0.2, 0.25) is 5.91 Å². The molecule has 144 valence electrons. The first-order chi connectivity index (χ1) is 13.0. The van der Waals surface area contributed by atoms with Gasteiger partial charge in [-0.15, -0.1) is 0 Å². The molecule has 2 aliphatic rings. The molecular formula is C18H21ClN4O4. The van der Waals surface area contributed by atoms with Crippen molar-refractivity contribution in [3.05, 3.63) is 29.3 Å². The zero-order valence-corrected chi connectivity index (χ0v) is 15.6. The van der Waals surface area contributed by atoms with Gasteiger partial charge in [-0.05, 0) is 24.6 Å². The average Bonchev–Trinajstić information content (AvgIpc) is 2.92. The first-order valence-corrected chi connectivity index (χ1v) is 9.21. The van der Waals surface area contributed by atoms with Gasteiger partial charge in [-0.2, -0.15) is 5.10 Å². The van der Waals surface area contributed by atoms with Gasteiger partial charge in [-0.25, -0.2) is 5.43 Å². The zero-order valence-electron chi connectivity index (χ0n) is 14.8. The van der Waals surface area contributed by atoms with Gasteiger partial charge < -0.3 is 14.5 Å². The molecule has 0 saturated carbocycles. The summed E-state index contributed by atoms with van der Waals surface area (Å²) in [6, 6.07) is 6.89. The van der Waals surface area contributed by atoms with E-state index < -0.39 is 0 Å². The van der Waals surface area contributed by atoms with Crippen LogP contribution >= 0.6 is 11.6 Å². The molecule has 0 aliphatic carbocycles. The van der Waals surface area contributed by atoms with Crippen LogP contribution in [0.4, 0.5) is 0 Å². The van der Waals surface area contributed by atoms with Gasteiger partial charge in [0.1, 0.15) is 11.5 Å². The van der Waals surface area contributed by atoms with Crippen LogP contribution in [0.15, 0.2) is 29.4 Å². The summed E-state index contributed by atoms with van der Waals surface area (Å²) in [6.07, 6.45) is 1.29. The number of nitrogens with zero attached hydrogens (tertiary/aromatic N) is 3. The second-order valence-corrected chi connectivity index (χ2v) is 6.80. The van der Waals surface area contributed by atoms with Crippen LogP contribution in [0, 0.1) is 0 Å². The largest absolute Gasteiger partial charge is 0.484 e. The number of hydrazone groups is 1. The summed E-state index contributed by atoms with van der Waals surface area (Å²) >= 11 is 5.90. The Bertz CT molecular complexity index is 767. The van der Waals surface area contributed by atoms with Crippen LogP contribution in [0.3, 0.4) is 0 Å². The fraction of sp³-hybridized carbons (Fsp3) is 0.444. The van der Waals surface area contributed by atoms with Crippen molar-refractivity contribution in [2.45, 2.75) is 19.3 Å². The average molecular weight is 393 g/mol. The van der Waals surface area contributed by atoms with Crippen LogP contribution in [0.1, 0.15) is 19.3 Å². The van der Waals surface area contributed by atoms with E-state index in [2.05, 4.69) is 10.5 Å². The highest BCUT2D eigenvalue weighted by Crippen LogP contribution is 2.17. The van der Waals surface area contributed by atoms with Crippen molar-refractivity contribution < 1.29 is 19.1 Å². The fourth-order valence-corrected chi connectivity index (χ4v) is 3.15. The maximum atomic E-state index is 12.5. The van der Waals surface area contributed by atoms with Crippen LogP contribution in [0.2, 0.25) is 5.02 Å². The van der Waals surface area contributed by atoms with Gasteiger partial charge in [-0.3, -0.25) is 14.4 Å². The van der Waals surface area contributed by atoms with E-state index in [1.807, 2.05) is 0 Å². The number of ether oxygens (including phenoxy) is 1. The molecule has 1 saturated heterocycles.